The molecule has 6 nitrogen and oxygen atoms in total. The lowest BCUT2D eigenvalue weighted by atomic mass is 9.66. The van der Waals surface area contributed by atoms with Crippen molar-refractivity contribution in [3.05, 3.63) is 39.7 Å². The minimum absolute atomic E-state index is 0.0311. The van der Waals surface area contributed by atoms with Crippen LogP contribution in [0.15, 0.2) is 27.4 Å². The van der Waals surface area contributed by atoms with Crippen LogP contribution in [-0.4, -0.2) is 40.7 Å². The molecule has 1 aromatic heterocycles. The Balaban J connectivity index is 1.51. The summed E-state index contributed by atoms with van der Waals surface area (Å²) >= 11 is 0. The summed E-state index contributed by atoms with van der Waals surface area (Å²) in [5.41, 5.74) is 1.30. The zero-order chi connectivity index (χ0) is 25.0. The van der Waals surface area contributed by atoms with Gasteiger partial charge in [0, 0.05) is 35.5 Å². The summed E-state index contributed by atoms with van der Waals surface area (Å²) in [6.07, 6.45) is 10.6. The third kappa shape index (κ3) is 5.42. The van der Waals surface area contributed by atoms with Gasteiger partial charge in [-0.3, -0.25) is 4.79 Å². The zero-order valence-corrected chi connectivity index (χ0v) is 21.6. The number of hydrogen-bond donors (Lipinski definition) is 1. The molecule has 4 rings (SSSR count). The average molecular weight is 484 g/mol. The fraction of sp³-hybridized carbons (Fsp3) is 0.655. The Morgan fingerprint density at radius 3 is 2.77 bits per heavy atom. The fourth-order valence-corrected chi connectivity index (χ4v) is 6.25. The molecular weight excluding hydrogens is 442 g/mol. The number of piperidine rings is 1. The van der Waals surface area contributed by atoms with Gasteiger partial charge in [0.25, 0.3) is 5.91 Å². The first-order valence-electron chi connectivity index (χ1n) is 13.6. The maximum Gasteiger partial charge on any atom is 0.336 e. The predicted octanol–water partition coefficient (Wildman–Crippen LogP) is 5.54. The standard InChI is InChI=1S/C29H41NO5/c1-4-6-10-21-18-27(32)35-28-20(3)25(14-13-22(21)28)34-19-26(31)30-17-16-29(33)15-9-8-11-23(29)24(30)12-7-5-2/h13-14,18,23-24,33H,4-12,15-17,19H2,1-3H3. The molecule has 2 aromatic rings. The first-order chi connectivity index (χ1) is 16.9. The van der Waals surface area contributed by atoms with Crippen molar-refractivity contribution in [2.75, 3.05) is 13.2 Å². The second-order valence-electron chi connectivity index (χ2n) is 10.6. The summed E-state index contributed by atoms with van der Waals surface area (Å²) in [5.74, 6) is 0.688. The summed E-state index contributed by atoms with van der Waals surface area (Å²) in [6.45, 7) is 6.70. The first kappa shape index (κ1) is 25.7. The van der Waals surface area contributed by atoms with E-state index in [4.69, 9.17) is 9.15 Å². The van der Waals surface area contributed by atoms with Gasteiger partial charge in [0.1, 0.15) is 11.3 Å². The van der Waals surface area contributed by atoms with E-state index in [-0.39, 0.29) is 30.1 Å². The Bertz CT molecular complexity index is 1090. The van der Waals surface area contributed by atoms with E-state index in [9.17, 15) is 14.7 Å². The van der Waals surface area contributed by atoms with Crippen LogP contribution in [0.2, 0.25) is 0 Å². The highest BCUT2D eigenvalue weighted by Crippen LogP contribution is 2.44. The Kier molecular flexibility index (Phi) is 8.20. The fourth-order valence-electron chi connectivity index (χ4n) is 6.25. The Hall–Kier alpha value is -2.34. The highest BCUT2D eigenvalue weighted by Gasteiger charge is 2.49. The van der Waals surface area contributed by atoms with E-state index in [1.54, 1.807) is 6.07 Å². The molecule has 1 N–H and O–H groups in total. The Labute approximate surface area is 208 Å². The van der Waals surface area contributed by atoms with Gasteiger partial charge in [-0.05, 0) is 63.1 Å². The summed E-state index contributed by atoms with van der Waals surface area (Å²) in [4.78, 5) is 27.5. The van der Waals surface area contributed by atoms with E-state index in [0.29, 0.717) is 24.3 Å². The SMILES string of the molecule is CCCCc1cc(=O)oc2c(C)c(OCC(=O)N3CCC4(O)CCCCC4C3CCCC)ccc12. The van der Waals surface area contributed by atoms with Gasteiger partial charge in [-0.2, -0.15) is 0 Å². The van der Waals surface area contributed by atoms with Crippen molar-refractivity contribution >= 4 is 16.9 Å². The van der Waals surface area contributed by atoms with Crippen LogP contribution in [0.5, 0.6) is 5.75 Å². The summed E-state index contributed by atoms with van der Waals surface area (Å²) in [7, 11) is 0. The molecule has 1 saturated carbocycles. The number of ether oxygens (including phenoxy) is 1. The molecule has 0 spiro atoms. The van der Waals surface area contributed by atoms with E-state index >= 15 is 0 Å². The van der Waals surface area contributed by atoms with Crippen LogP contribution in [0.1, 0.15) is 89.2 Å². The predicted molar refractivity (Wildman–Crippen MR) is 138 cm³/mol. The minimum Gasteiger partial charge on any atom is -0.483 e. The quantitative estimate of drug-likeness (QED) is 0.474. The number of fused-ring (bicyclic) bond motifs is 2. The number of likely N-dealkylation sites (tertiary alicyclic amines) is 1. The van der Waals surface area contributed by atoms with Crippen molar-refractivity contribution in [2.24, 2.45) is 5.92 Å². The molecule has 1 aliphatic heterocycles. The number of rotatable bonds is 9. The maximum atomic E-state index is 13.4. The molecule has 2 aliphatic rings. The molecule has 3 unspecified atom stereocenters. The summed E-state index contributed by atoms with van der Waals surface area (Å²) < 4.78 is 11.6. The minimum atomic E-state index is -0.629. The second-order valence-corrected chi connectivity index (χ2v) is 10.6. The van der Waals surface area contributed by atoms with Crippen molar-refractivity contribution in [3.8, 4) is 5.75 Å². The van der Waals surface area contributed by atoms with Crippen LogP contribution in [0.4, 0.5) is 0 Å². The van der Waals surface area contributed by atoms with E-state index in [0.717, 1.165) is 80.7 Å². The van der Waals surface area contributed by atoms with Gasteiger partial charge in [0.2, 0.25) is 0 Å². The Morgan fingerprint density at radius 1 is 1.20 bits per heavy atom. The topological polar surface area (TPSA) is 80.0 Å². The molecule has 1 amide bonds. The van der Waals surface area contributed by atoms with E-state index < -0.39 is 5.60 Å². The maximum absolute atomic E-state index is 13.4. The number of unbranched alkanes of at least 4 members (excludes halogenated alkanes) is 2. The molecule has 35 heavy (non-hydrogen) atoms. The molecule has 1 aliphatic carbocycles. The summed E-state index contributed by atoms with van der Waals surface area (Å²) in [5, 5.41) is 12.2. The normalized spacial score (nSPS) is 24.4. The Morgan fingerprint density at radius 2 is 2.00 bits per heavy atom. The lowest BCUT2D eigenvalue weighted by molar-refractivity contribution is -0.157. The van der Waals surface area contributed by atoms with Gasteiger partial charge in [-0.15, -0.1) is 0 Å². The van der Waals surface area contributed by atoms with Crippen molar-refractivity contribution in [3.63, 3.8) is 0 Å². The lowest BCUT2D eigenvalue weighted by Crippen LogP contribution is -2.61. The smallest absolute Gasteiger partial charge is 0.336 e. The van der Waals surface area contributed by atoms with Gasteiger partial charge in [0.15, 0.2) is 6.61 Å². The third-order valence-corrected chi connectivity index (χ3v) is 8.24. The zero-order valence-electron chi connectivity index (χ0n) is 21.6. The van der Waals surface area contributed by atoms with E-state index in [1.165, 1.54) is 0 Å². The van der Waals surface area contributed by atoms with Crippen molar-refractivity contribution in [2.45, 2.75) is 103 Å². The van der Waals surface area contributed by atoms with Crippen molar-refractivity contribution in [1.29, 1.82) is 0 Å². The van der Waals surface area contributed by atoms with Crippen LogP contribution in [0.3, 0.4) is 0 Å². The molecule has 1 saturated heterocycles. The summed E-state index contributed by atoms with van der Waals surface area (Å²) in [6, 6.07) is 5.47. The van der Waals surface area contributed by atoms with Crippen LogP contribution in [0, 0.1) is 12.8 Å². The van der Waals surface area contributed by atoms with Gasteiger partial charge >= 0.3 is 5.63 Å². The third-order valence-electron chi connectivity index (χ3n) is 8.24. The number of nitrogens with zero attached hydrogens (tertiary/aromatic N) is 1. The molecule has 2 heterocycles. The van der Waals surface area contributed by atoms with Crippen molar-refractivity contribution < 1.29 is 19.1 Å². The number of aliphatic hydroxyl groups is 1. The molecule has 3 atom stereocenters. The molecule has 6 heteroatoms. The van der Waals surface area contributed by atoms with Gasteiger partial charge in [-0.1, -0.05) is 46.0 Å². The van der Waals surface area contributed by atoms with Gasteiger partial charge in [0.05, 0.1) is 5.60 Å². The van der Waals surface area contributed by atoms with Crippen LogP contribution in [-0.2, 0) is 11.2 Å². The van der Waals surface area contributed by atoms with Crippen molar-refractivity contribution in [1.82, 2.24) is 4.90 Å². The average Bonchev–Trinajstić information content (AvgIpc) is 2.85. The highest BCUT2D eigenvalue weighted by molar-refractivity contribution is 5.85. The molecule has 1 aromatic carbocycles. The van der Waals surface area contributed by atoms with Crippen LogP contribution < -0.4 is 10.4 Å². The van der Waals surface area contributed by atoms with Crippen LogP contribution >= 0.6 is 0 Å². The molecule has 0 bridgehead atoms. The number of hydrogen-bond acceptors (Lipinski definition) is 5. The monoisotopic (exact) mass is 483 g/mol. The number of carbonyl (C=O) groups is 1. The molecule has 0 radical (unpaired) electrons. The molecule has 2 fully saturated rings. The largest absolute Gasteiger partial charge is 0.483 e. The highest BCUT2D eigenvalue weighted by atomic mass is 16.5. The number of benzene rings is 1. The van der Waals surface area contributed by atoms with Gasteiger partial charge < -0.3 is 19.2 Å². The number of amides is 1. The number of carbonyl (C=O) groups excluding carboxylic acids is 1. The number of aryl methyl sites for hydroxylation is 2. The van der Waals surface area contributed by atoms with E-state index in [1.807, 2.05) is 24.0 Å². The van der Waals surface area contributed by atoms with Gasteiger partial charge in [-0.25, -0.2) is 4.79 Å². The second kappa shape index (κ2) is 11.2. The molecule has 192 valence electrons. The molecular formula is C29H41NO5. The first-order valence-corrected chi connectivity index (χ1v) is 13.6. The lowest BCUT2D eigenvalue weighted by Gasteiger charge is -2.52. The van der Waals surface area contributed by atoms with Crippen LogP contribution in [0.25, 0.3) is 11.0 Å². The van der Waals surface area contributed by atoms with E-state index in [2.05, 4.69) is 13.8 Å².